The van der Waals surface area contributed by atoms with Gasteiger partial charge < -0.3 is 10.1 Å². The number of hydrogen-bond acceptors (Lipinski definition) is 5. The lowest BCUT2D eigenvalue weighted by Crippen LogP contribution is -2.30. The van der Waals surface area contributed by atoms with Gasteiger partial charge in [0.25, 0.3) is 5.91 Å². The number of anilines is 1. The highest BCUT2D eigenvalue weighted by atomic mass is 35.5. The van der Waals surface area contributed by atoms with Gasteiger partial charge in [-0.25, -0.2) is 9.18 Å². The zero-order valence-electron chi connectivity index (χ0n) is 15.2. The number of carbonyl (C=O) groups excluding carboxylic acids is 2. The molecule has 146 valence electrons. The van der Waals surface area contributed by atoms with Crippen LogP contribution in [0.15, 0.2) is 24.3 Å². The second kappa shape index (κ2) is 9.30. The Morgan fingerprint density at radius 1 is 1.33 bits per heavy atom. The molecule has 0 aliphatic carbocycles. The molecule has 2 heterocycles. The van der Waals surface area contributed by atoms with Crippen molar-refractivity contribution in [2.24, 2.45) is 0 Å². The van der Waals surface area contributed by atoms with Crippen LogP contribution in [0.5, 0.6) is 0 Å². The van der Waals surface area contributed by atoms with Crippen LogP contribution in [0, 0.1) is 5.82 Å². The molecule has 0 atom stereocenters. The number of likely N-dealkylation sites (N-methyl/N-ethyl adjacent to an activating group) is 1. The van der Waals surface area contributed by atoms with Crippen LogP contribution in [-0.4, -0.2) is 36.5 Å². The number of carbonyl (C=O) groups is 2. The normalized spacial score (nSPS) is 13.4. The van der Waals surface area contributed by atoms with Gasteiger partial charge >= 0.3 is 5.97 Å². The molecule has 0 spiro atoms. The molecule has 1 aliphatic heterocycles. The number of nitrogens with one attached hydrogen (secondary N) is 1. The zero-order chi connectivity index (χ0) is 18.7. The van der Waals surface area contributed by atoms with Gasteiger partial charge in [0.05, 0.1) is 12.2 Å². The van der Waals surface area contributed by atoms with Gasteiger partial charge in [-0.1, -0.05) is 13.0 Å². The summed E-state index contributed by atoms with van der Waals surface area (Å²) in [5, 5.41) is 3.25. The number of amides is 1. The smallest absolute Gasteiger partial charge is 0.341 e. The predicted molar refractivity (Wildman–Crippen MR) is 107 cm³/mol. The van der Waals surface area contributed by atoms with Gasteiger partial charge in [-0.05, 0) is 43.7 Å². The van der Waals surface area contributed by atoms with Gasteiger partial charge in [-0.3, -0.25) is 9.69 Å². The number of rotatable bonds is 5. The second-order valence-electron chi connectivity index (χ2n) is 6.01. The summed E-state index contributed by atoms with van der Waals surface area (Å²) < 4.78 is 18.6. The fourth-order valence-electron chi connectivity index (χ4n) is 3.04. The van der Waals surface area contributed by atoms with Crippen molar-refractivity contribution in [3.63, 3.8) is 0 Å². The topological polar surface area (TPSA) is 58.6 Å². The van der Waals surface area contributed by atoms with Crippen LogP contribution < -0.4 is 5.32 Å². The molecule has 1 amide bonds. The van der Waals surface area contributed by atoms with E-state index in [1.165, 1.54) is 35.6 Å². The molecule has 3 rings (SSSR count). The molecule has 1 aromatic carbocycles. The van der Waals surface area contributed by atoms with Crippen molar-refractivity contribution < 1.29 is 18.7 Å². The first-order valence-corrected chi connectivity index (χ1v) is 9.46. The van der Waals surface area contributed by atoms with E-state index in [9.17, 15) is 14.0 Å². The fourth-order valence-corrected chi connectivity index (χ4v) is 4.31. The SMILES string of the molecule is CCOC(=O)c1c(NC(=O)c2cccc(F)c2)sc2c1CCN(CC)C2.Cl. The van der Waals surface area contributed by atoms with Crippen LogP contribution in [0.25, 0.3) is 0 Å². The number of benzene rings is 1. The molecular formula is C19H22ClFN2O3S. The van der Waals surface area contributed by atoms with E-state index in [-0.39, 0.29) is 24.6 Å². The van der Waals surface area contributed by atoms with E-state index in [2.05, 4.69) is 17.1 Å². The minimum Gasteiger partial charge on any atom is -0.462 e. The summed E-state index contributed by atoms with van der Waals surface area (Å²) in [4.78, 5) is 28.3. The lowest BCUT2D eigenvalue weighted by atomic mass is 10.0. The van der Waals surface area contributed by atoms with Crippen molar-refractivity contribution in [1.82, 2.24) is 4.90 Å². The monoisotopic (exact) mass is 412 g/mol. The minimum atomic E-state index is -0.479. The molecule has 1 aliphatic rings. The van der Waals surface area contributed by atoms with Crippen LogP contribution >= 0.6 is 23.7 Å². The first-order valence-electron chi connectivity index (χ1n) is 8.64. The maximum Gasteiger partial charge on any atom is 0.341 e. The third-order valence-corrected chi connectivity index (χ3v) is 5.51. The number of thiophene rings is 1. The number of ether oxygens (including phenoxy) is 1. The summed E-state index contributed by atoms with van der Waals surface area (Å²) in [5.74, 6) is -1.35. The molecule has 5 nitrogen and oxygen atoms in total. The first-order chi connectivity index (χ1) is 12.5. The van der Waals surface area contributed by atoms with E-state index in [4.69, 9.17) is 4.74 Å². The Hall–Kier alpha value is -1.96. The Bertz CT molecular complexity index is 840. The molecule has 0 saturated heterocycles. The summed E-state index contributed by atoms with van der Waals surface area (Å²) in [6.07, 6.45) is 0.740. The maximum absolute atomic E-state index is 13.4. The largest absolute Gasteiger partial charge is 0.462 e. The van der Waals surface area contributed by atoms with Gasteiger partial charge in [0.2, 0.25) is 0 Å². The molecule has 0 fully saturated rings. The molecule has 0 saturated carbocycles. The number of hydrogen-bond donors (Lipinski definition) is 1. The number of nitrogens with zero attached hydrogens (tertiary/aromatic N) is 1. The van der Waals surface area contributed by atoms with E-state index >= 15 is 0 Å². The Balaban J connectivity index is 0.00000261. The lowest BCUT2D eigenvalue weighted by molar-refractivity contribution is 0.0526. The van der Waals surface area contributed by atoms with Crippen LogP contribution in [0.2, 0.25) is 0 Å². The maximum atomic E-state index is 13.4. The van der Waals surface area contributed by atoms with Crippen molar-refractivity contribution in [3.8, 4) is 0 Å². The Morgan fingerprint density at radius 2 is 2.11 bits per heavy atom. The zero-order valence-corrected chi connectivity index (χ0v) is 16.8. The van der Waals surface area contributed by atoms with Gasteiger partial charge in [0, 0.05) is 23.5 Å². The van der Waals surface area contributed by atoms with Gasteiger partial charge in [0.1, 0.15) is 10.8 Å². The number of esters is 1. The van der Waals surface area contributed by atoms with Crippen LogP contribution in [0.3, 0.4) is 0 Å². The first kappa shape index (κ1) is 21.3. The van der Waals surface area contributed by atoms with Gasteiger partial charge in [-0.2, -0.15) is 0 Å². The Kier molecular flexibility index (Phi) is 7.35. The van der Waals surface area contributed by atoms with E-state index < -0.39 is 17.7 Å². The highest BCUT2D eigenvalue weighted by molar-refractivity contribution is 7.17. The van der Waals surface area contributed by atoms with Crippen molar-refractivity contribution >= 4 is 40.6 Å². The minimum absolute atomic E-state index is 0. The van der Waals surface area contributed by atoms with E-state index in [0.717, 1.165) is 36.5 Å². The average Bonchev–Trinajstić information content (AvgIpc) is 2.98. The van der Waals surface area contributed by atoms with Gasteiger partial charge in [0.15, 0.2) is 0 Å². The van der Waals surface area contributed by atoms with Crippen molar-refractivity contribution in [2.75, 3.05) is 25.0 Å². The quantitative estimate of drug-likeness (QED) is 0.750. The third-order valence-electron chi connectivity index (χ3n) is 4.38. The van der Waals surface area contributed by atoms with Crippen LogP contribution in [0.4, 0.5) is 9.39 Å². The van der Waals surface area contributed by atoms with Crippen molar-refractivity contribution in [2.45, 2.75) is 26.8 Å². The summed E-state index contributed by atoms with van der Waals surface area (Å²) in [6.45, 7) is 6.65. The number of halogens is 2. The van der Waals surface area contributed by atoms with Crippen LogP contribution in [-0.2, 0) is 17.7 Å². The summed E-state index contributed by atoms with van der Waals surface area (Å²) in [7, 11) is 0. The molecule has 8 heteroatoms. The summed E-state index contributed by atoms with van der Waals surface area (Å²) >= 11 is 1.39. The summed E-state index contributed by atoms with van der Waals surface area (Å²) in [5.41, 5.74) is 1.60. The van der Waals surface area contributed by atoms with E-state index in [1.54, 1.807) is 6.92 Å². The Labute approximate surface area is 167 Å². The third kappa shape index (κ3) is 4.66. The van der Waals surface area contributed by atoms with E-state index in [0.29, 0.717) is 10.6 Å². The highest BCUT2D eigenvalue weighted by Gasteiger charge is 2.29. The number of fused-ring (bicyclic) bond motifs is 1. The molecule has 1 aromatic heterocycles. The van der Waals surface area contributed by atoms with Crippen molar-refractivity contribution in [1.29, 1.82) is 0 Å². The molecule has 2 aromatic rings. The highest BCUT2D eigenvalue weighted by Crippen LogP contribution is 2.37. The average molecular weight is 413 g/mol. The lowest BCUT2D eigenvalue weighted by Gasteiger charge is -2.25. The predicted octanol–water partition coefficient (Wildman–Crippen LogP) is 4.12. The standard InChI is InChI=1S/C19H21FN2O3S.ClH/c1-3-22-9-8-14-15(11-22)26-18(16(14)19(24)25-4-2)21-17(23)12-6-5-7-13(20)10-12;/h5-7,10H,3-4,8-9,11H2,1-2H3,(H,21,23);1H. The molecule has 0 unspecified atom stereocenters. The fraction of sp³-hybridized carbons (Fsp3) is 0.368. The molecule has 27 heavy (non-hydrogen) atoms. The molecule has 1 N–H and O–H groups in total. The van der Waals surface area contributed by atoms with E-state index in [1.807, 2.05) is 0 Å². The van der Waals surface area contributed by atoms with Gasteiger partial charge in [-0.15, -0.1) is 23.7 Å². The second-order valence-corrected chi connectivity index (χ2v) is 7.12. The van der Waals surface area contributed by atoms with Crippen LogP contribution in [0.1, 0.15) is 45.0 Å². The van der Waals surface area contributed by atoms with Crippen molar-refractivity contribution in [3.05, 3.63) is 51.7 Å². The molecular weight excluding hydrogens is 391 g/mol. The molecule has 0 bridgehead atoms. The molecule has 0 radical (unpaired) electrons. The Morgan fingerprint density at radius 3 is 2.78 bits per heavy atom. The summed E-state index contributed by atoms with van der Waals surface area (Å²) in [6, 6.07) is 5.47.